The maximum Gasteiger partial charge on any atom is 0.356 e. The molecule has 0 unspecified atom stereocenters. The highest BCUT2D eigenvalue weighted by atomic mass is 16.4. The number of aromatic nitrogens is 3. The lowest BCUT2D eigenvalue weighted by Gasteiger charge is -2.05. The van der Waals surface area contributed by atoms with Crippen LogP contribution in [0.4, 0.5) is 0 Å². The number of aromatic carboxylic acids is 1. The molecule has 0 saturated carbocycles. The molecule has 2 heterocycles. The summed E-state index contributed by atoms with van der Waals surface area (Å²) in [4.78, 5) is 19.6. The van der Waals surface area contributed by atoms with Gasteiger partial charge in [0.2, 0.25) is 0 Å². The summed E-state index contributed by atoms with van der Waals surface area (Å²) in [6.07, 6.45) is 1.49. The van der Waals surface area contributed by atoms with Crippen molar-refractivity contribution in [1.29, 1.82) is 0 Å². The second-order valence-electron chi connectivity index (χ2n) is 4.72. The third-order valence-corrected chi connectivity index (χ3v) is 3.16. The number of nitrogens with zero attached hydrogens (tertiary/aromatic N) is 3. The van der Waals surface area contributed by atoms with E-state index in [-0.39, 0.29) is 5.69 Å². The van der Waals surface area contributed by atoms with E-state index in [4.69, 9.17) is 5.11 Å². The van der Waals surface area contributed by atoms with Gasteiger partial charge in [0, 0.05) is 17.8 Å². The van der Waals surface area contributed by atoms with Crippen molar-refractivity contribution in [3.63, 3.8) is 0 Å². The fourth-order valence-electron chi connectivity index (χ4n) is 2.19. The molecule has 0 bridgehead atoms. The Morgan fingerprint density at radius 1 is 1.20 bits per heavy atom. The summed E-state index contributed by atoms with van der Waals surface area (Å²) in [6, 6.07) is 9.81. The van der Waals surface area contributed by atoms with Gasteiger partial charge in [-0.05, 0) is 19.9 Å². The number of rotatable bonds is 2. The first-order chi connectivity index (χ1) is 9.54. The first-order valence-electron chi connectivity index (χ1n) is 6.21. The Morgan fingerprint density at radius 3 is 2.70 bits per heavy atom. The second-order valence-corrected chi connectivity index (χ2v) is 4.72. The highest BCUT2D eigenvalue weighted by Gasteiger charge is 2.12. The van der Waals surface area contributed by atoms with E-state index in [9.17, 15) is 4.79 Å². The van der Waals surface area contributed by atoms with Gasteiger partial charge < -0.3 is 5.11 Å². The molecule has 0 amide bonds. The number of carboxylic acid groups (broad SMARTS) is 1. The minimum absolute atomic E-state index is 0.0243. The molecule has 0 spiro atoms. The Bertz CT molecular complexity index is 821. The van der Waals surface area contributed by atoms with E-state index in [2.05, 4.69) is 9.97 Å². The van der Waals surface area contributed by atoms with Crippen LogP contribution in [0.1, 0.15) is 21.9 Å². The molecule has 2 aromatic heterocycles. The Balaban J connectivity index is 2.21. The Morgan fingerprint density at radius 2 is 2.00 bits per heavy atom. The van der Waals surface area contributed by atoms with Crippen molar-refractivity contribution < 1.29 is 9.90 Å². The quantitative estimate of drug-likeness (QED) is 0.775. The smallest absolute Gasteiger partial charge is 0.356 e. The molecule has 1 N–H and O–H groups in total. The van der Waals surface area contributed by atoms with E-state index in [0.717, 1.165) is 16.8 Å². The van der Waals surface area contributed by atoms with Crippen molar-refractivity contribution in [2.24, 2.45) is 0 Å². The van der Waals surface area contributed by atoms with Crippen LogP contribution in [0.25, 0.3) is 16.9 Å². The molecule has 0 aliphatic carbocycles. The van der Waals surface area contributed by atoms with Crippen LogP contribution in [0.3, 0.4) is 0 Å². The summed E-state index contributed by atoms with van der Waals surface area (Å²) in [6.45, 7) is 3.85. The number of benzene rings is 1. The molecule has 0 fully saturated rings. The average Bonchev–Trinajstić information content (AvgIpc) is 2.83. The van der Waals surface area contributed by atoms with Gasteiger partial charge in [0.1, 0.15) is 11.5 Å². The van der Waals surface area contributed by atoms with Crippen LogP contribution in [0.15, 0.2) is 36.5 Å². The molecular formula is C15H13N3O2. The highest BCUT2D eigenvalue weighted by Crippen LogP contribution is 2.21. The minimum Gasteiger partial charge on any atom is -0.476 e. The lowest BCUT2D eigenvalue weighted by atomic mass is 10.1. The van der Waals surface area contributed by atoms with Gasteiger partial charge >= 0.3 is 5.97 Å². The van der Waals surface area contributed by atoms with Gasteiger partial charge in [-0.2, -0.15) is 0 Å². The van der Waals surface area contributed by atoms with Crippen molar-refractivity contribution in [2.45, 2.75) is 13.8 Å². The summed E-state index contributed by atoms with van der Waals surface area (Å²) >= 11 is 0. The number of carboxylic acids is 1. The molecule has 5 heteroatoms. The molecule has 0 atom stereocenters. The zero-order valence-electron chi connectivity index (χ0n) is 11.2. The van der Waals surface area contributed by atoms with Gasteiger partial charge in [0.25, 0.3) is 0 Å². The predicted molar refractivity (Wildman–Crippen MR) is 74.9 cm³/mol. The minimum atomic E-state index is -1.04. The molecule has 3 aromatic rings. The maximum absolute atomic E-state index is 11.0. The van der Waals surface area contributed by atoms with Gasteiger partial charge in [0.15, 0.2) is 5.69 Å². The fraction of sp³-hybridized carbons (Fsp3) is 0.133. The number of carbonyl (C=O) groups is 1. The maximum atomic E-state index is 11.0. The third kappa shape index (κ3) is 2.03. The van der Waals surface area contributed by atoms with Crippen LogP contribution >= 0.6 is 0 Å². The van der Waals surface area contributed by atoms with E-state index >= 15 is 0 Å². The van der Waals surface area contributed by atoms with Gasteiger partial charge in [-0.1, -0.05) is 23.8 Å². The van der Waals surface area contributed by atoms with Gasteiger partial charge in [-0.15, -0.1) is 0 Å². The second kappa shape index (κ2) is 4.45. The molecule has 3 rings (SSSR count). The summed E-state index contributed by atoms with van der Waals surface area (Å²) in [7, 11) is 0. The van der Waals surface area contributed by atoms with Crippen LogP contribution in [-0.2, 0) is 0 Å². The SMILES string of the molecule is Cc1cccc(-c2cc3nc(C(=O)O)cn3c(C)n2)c1. The Labute approximate surface area is 115 Å². The van der Waals surface area contributed by atoms with E-state index < -0.39 is 5.97 Å². The number of imidazole rings is 1. The monoisotopic (exact) mass is 267 g/mol. The summed E-state index contributed by atoms with van der Waals surface area (Å²) in [5.74, 6) is -0.329. The predicted octanol–water partition coefficient (Wildman–Crippen LogP) is 2.71. The Hall–Kier alpha value is -2.69. The summed E-state index contributed by atoms with van der Waals surface area (Å²) < 4.78 is 1.68. The van der Waals surface area contributed by atoms with Crippen molar-refractivity contribution in [3.8, 4) is 11.3 Å². The number of hydrogen-bond donors (Lipinski definition) is 1. The normalized spacial score (nSPS) is 10.9. The van der Waals surface area contributed by atoms with Gasteiger partial charge in [-0.3, -0.25) is 4.40 Å². The first kappa shape index (κ1) is 12.3. The van der Waals surface area contributed by atoms with Gasteiger partial charge in [-0.25, -0.2) is 14.8 Å². The molecule has 20 heavy (non-hydrogen) atoms. The van der Waals surface area contributed by atoms with Gasteiger partial charge in [0.05, 0.1) is 5.69 Å². The largest absolute Gasteiger partial charge is 0.476 e. The molecule has 0 aliphatic heterocycles. The van der Waals surface area contributed by atoms with Crippen molar-refractivity contribution in [2.75, 3.05) is 0 Å². The van der Waals surface area contributed by atoms with E-state index in [0.29, 0.717) is 11.5 Å². The number of aryl methyl sites for hydroxylation is 2. The summed E-state index contributed by atoms with van der Waals surface area (Å²) in [5.41, 5.74) is 3.55. The Kier molecular flexibility index (Phi) is 2.75. The van der Waals surface area contributed by atoms with Crippen molar-refractivity contribution in [3.05, 3.63) is 53.6 Å². The van der Waals surface area contributed by atoms with E-state index in [1.807, 2.05) is 38.1 Å². The number of fused-ring (bicyclic) bond motifs is 1. The molecular weight excluding hydrogens is 254 g/mol. The number of hydrogen-bond acceptors (Lipinski definition) is 3. The van der Waals surface area contributed by atoms with Crippen LogP contribution in [-0.4, -0.2) is 25.4 Å². The molecule has 100 valence electrons. The van der Waals surface area contributed by atoms with Crippen LogP contribution < -0.4 is 0 Å². The zero-order chi connectivity index (χ0) is 14.3. The summed E-state index contributed by atoms with van der Waals surface area (Å²) in [5, 5.41) is 9.00. The zero-order valence-corrected chi connectivity index (χ0v) is 11.2. The molecule has 5 nitrogen and oxygen atoms in total. The highest BCUT2D eigenvalue weighted by molar-refractivity contribution is 5.86. The average molecular weight is 267 g/mol. The molecule has 1 aromatic carbocycles. The van der Waals surface area contributed by atoms with Crippen LogP contribution in [0, 0.1) is 13.8 Å². The van der Waals surface area contributed by atoms with Crippen molar-refractivity contribution >= 4 is 11.6 Å². The molecule has 0 saturated heterocycles. The van der Waals surface area contributed by atoms with E-state index in [1.165, 1.54) is 6.20 Å². The van der Waals surface area contributed by atoms with E-state index in [1.54, 1.807) is 10.5 Å². The molecule has 0 radical (unpaired) electrons. The van der Waals surface area contributed by atoms with Crippen LogP contribution in [0.5, 0.6) is 0 Å². The topological polar surface area (TPSA) is 67.5 Å². The third-order valence-electron chi connectivity index (χ3n) is 3.16. The lowest BCUT2D eigenvalue weighted by Crippen LogP contribution is -1.96. The standard InChI is InChI=1S/C15H13N3O2/c1-9-4-3-5-11(6-9)12-7-14-17-13(15(19)20)8-18(14)10(2)16-12/h3-8H,1-2H3,(H,19,20). The van der Waals surface area contributed by atoms with Crippen molar-refractivity contribution in [1.82, 2.24) is 14.4 Å². The lowest BCUT2D eigenvalue weighted by molar-refractivity contribution is 0.0691. The molecule has 0 aliphatic rings. The van der Waals surface area contributed by atoms with Crippen LogP contribution in [0.2, 0.25) is 0 Å². The first-order valence-corrected chi connectivity index (χ1v) is 6.21. The fourth-order valence-corrected chi connectivity index (χ4v) is 2.19.